The van der Waals surface area contributed by atoms with Gasteiger partial charge in [-0.05, 0) is 28.8 Å². The number of halogens is 1. The molecule has 5 heteroatoms. The zero-order valence-electron chi connectivity index (χ0n) is 8.43. The van der Waals surface area contributed by atoms with Crippen LogP contribution >= 0.6 is 15.9 Å². The van der Waals surface area contributed by atoms with E-state index in [9.17, 15) is 4.79 Å². The van der Waals surface area contributed by atoms with E-state index in [1.807, 2.05) is 13.8 Å². The molecule has 0 unspecified atom stereocenters. The Labute approximate surface area is 91.2 Å². The van der Waals surface area contributed by atoms with Gasteiger partial charge in [0, 0.05) is 0 Å². The van der Waals surface area contributed by atoms with Crippen LogP contribution in [0.2, 0.25) is 0 Å². The number of aromatic amines is 1. The molecule has 0 amide bonds. The monoisotopic (exact) mass is 260 g/mol. The minimum Gasteiger partial charge on any atom is -0.461 e. The van der Waals surface area contributed by atoms with Crippen molar-refractivity contribution in [2.75, 3.05) is 6.61 Å². The Hall–Kier alpha value is -0.840. The third kappa shape index (κ3) is 2.15. The zero-order valence-corrected chi connectivity index (χ0v) is 10.0. The topological polar surface area (TPSA) is 55.0 Å². The smallest absolute Gasteiger partial charge is 0.357 e. The molecule has 0 spiro atoms. The molecular weight excluding hydrogens is 248 g/mol. The second kappa shape index (κ2) is 4.59. The van der Waals surface area contributed by atoms with Gasteiger partial charge in [-0.3, -0.25) is 5.10 Å². The molecule has 1 heterocycles. The summed E-state index contributed by atoms with van der Waals surface area (Å²) in [5.74, 6) is -0.109. The van der Waals surface area contributed by atoms with Crippen molar-refractivity contribution in [3.8, 4) is 0 Å². The van der Waals surface area contributed by atoms with E-state index in [1.54, 1.807) is 6.92 Å². The number of rotatable bonds is 3. The standard InChI is InChI=1S/C9H13BrN2O2/c1-4-14-9(13)8-6(10)7(5(2)3)11-12-8/h5H,4H2,1-3H3,(H,11,12). The molecule has 0 fully saturated rings. The van der Waals surface area contributed by atoms with Crippen molar-refractivity contribution >= 4 is 21.9 Å². The fourth-order valence-corrected chi connectivity index (χ4v) is 1.86. The Morgan fingerprint density at radius 1 is 1.64 bits per heavy atom. The summed E-state index contributed by atoms with van der Waals surface area (Å²) in [4.78, 5) is 11.4. The highest BCUT2D eigenvalue weighted by Gasteiger charge is 2.19. The van der Waals surface area contributed by atoms with Crippen LogP contribution in [0.5, 0.6) is 0 Å². The predicted octanol–water partition coefficient (Wildman–Crippen LogP) is 2.47. The summed E-state index contributed by atoms with van der Waals surface area (Å²) in [6.07, 6.45) is 0. The first kappa shape index (κ1) is 11.2. The fourth-order valence-electron chi connectivity index (χ4n) is 1.06. The molecule has 1 rings (SSSR count). The molecule has 0 aliphatic carbocycles. The molecule has 78 valence electrons. The number of carbonyl (C=O) groups is 1. The highest BCUT2D eigenvalue weighted by Crippen LogP contribution is 2.25. The molecule has 14 heavy (non-hydrogen) atoms. The minimum atomic E-state index is -0.376. The molecule has 0 bridgehead atoms. The van der Waals surface area contributed by atoms with Crippen LogP contribution < -0.4 is 0 Å². The second-order valence-electron chi connectivity index (χ2n) is 3.17. The van der Waals surface area contributed by atoms with E-state index in [2.05, 4.69) is 26.1 Å². The van der Waals surface area contributed by atoms with Crippen LogP contribution in [-0.2, 0) is 4.74 Å². The van der Waals surface area contributed by atoms with E-state index in [0.717, 1.165) is 5.69 Å². The van der Waals surface area contributed by atoms with Crippen LogP contribution in [0.25, 0.3) is 0 Å². The summed E-state index contributed by atoms with van der Waals surface area (Å²) in [6, 6.07) is 0. The van der Waals surface area contributed by atoms with Crippen molar-refractivity contribution in [2.24, 2.45) is 0 Å². The van der Waals surface area contributed by atoms with Crippen molar-refractivity contribution in [2.45, 2.75) is 26.7 Å². The summed E-state index contributed by atoms with van der Waals surface area (Å²) >= 11 is 3.33. The van der Waals surface area contributed by atoms with Gasteiger partial charge in [-0.2, -0.15) is 5.10 Å². The molecule has 0 aliphatic rings. The molecule has 0 radical (unpaired) electrons. The van der Waals surface area contributed by atoms with Gasteiger partial charge in [-0.1, -0.05) is 13.8 Å². The SMILES string of the molecule is CCOC(=O)c1[nH]nc(C(C)C)c1Br. The largest absolute Gasteiger partial charge is 0.461 e. The van der Waals surface area contributed by atoms with Gasteiger partial charge in [-0.15, -0.1) is 0 Å². The first-order chi connectivity index (χ1) is 6.57. The summed E-state index contributed by atoms with van der Waals surface area (Å²) in [6.45, 7) is 6.15. The number of hydrogen-bond acceptors (Lipinski definition) is 3. The number of hydrogen-bond donors (Lipinski definition) is 1. The molecule has 0 saturated carbocycles. The van der Waals surface area contributed by atoms with Gasteiger partial charge in [0.1, 0.15) is 0 Å². The van der Waals surface area contributed by atoms with Crippen LogP contribution in [0.3, 0.4) is 0 Å². The molecule has 0 saturated heterocycles. The third-order valence-corrected chi connectivity index (χ3v) is 2.56. The lowest BCUT2D eigenvalue weighted by Crippen LogP contribution is -2.05. The highest BCUT2D eigenvalue weighted by atomic mass is 79.9. The molecule has 0 aromatic carbocycles. The average Bonchev–Trinajstić information content (AvgIpc) is 2.47. The molecule has 1 N–H and O–H groups in total. The molecule has 1 aromatic rings. The Kier molecular flexibility index (Phi) is 3.69. The van der Waals surface area contributed by atoms with Crippen LogP contribution in [-0.4, -0.2) is 22.8 Å². The normalized spacial score (nSPS) is 10.6. The van der Waals surface area contributed by atoms with E-state index in [1.165, 1.54) is 0 Å². The number of esters is 1. The van der Waals surface area contributed by atoms with Crippen LogP contribution in [0.1, 0.15) is 42.9 Å². The minimum absolute atomic E-state index is 0.267. The molecule has 1 aromatic heterocycles. The average molecular weight is 261 g/mol. The van der Waals surface area contributed by atoms with Gasteiger partial charge in [0.2, 0.25) is 0 Å². The number of H-pyrrole nitrogens is 1. The summed E-state index contributed by atoms with van der Waals surface area (Å²) < 4.78 is 5.56. The summed E-state index contributed by atoms with van der Waals surface area (Å²) in [7, 11) is 0. The van der Waals surface area contributed by atoms with Crippen molar-refractivity contribution in [1.82, 2.24) is 10.2 Å². The van der Waals surface area contributed by atoms with E-state index in [4.69, 9.17) is 4.74 Å². The Bertz CT molecular complexity index is 334. The van der Waals surface area contributed by atoms with Gasteiger partial charge < -0.3 is 4.74 Å². The van der Waals surface area contributed by atoms with Crippen molar-refractivity contribution in [3.63, 3.8) is 0 Å². The van der Waals surface area contributed by atoms with E-state index in [0.29, 0.717) is 16.8 Å². The van der Waals surface area contributed by atoms with Gasteiger partial charge in [0.05, 0.1) is 16.8 Å². The first-order valence-electron chi connectivity index (χ1n) is 4.48. The predicted molar refractivity (Wildman–Crippen MR) is 56.3 cm³/mol. The lowest BCUT2D eigenvalue weighted by atomic mass is 10.1. The highest BCUT2D eigenvalue weighted by molar-refractivity contribution is 9.10. The number of nitrogens with zero attached hydrogens (tertiary/aromatic N) is 1. The van der Waals surface area contributed by atoms with Crippen molar-refractivity contribution < 1.29 is 9.53 Å². The maximum atomic E-state index is 11.4. The fraction of sp³-hybridized carbons (Fsp3) is 0.556. The third-order valence-electron chi connectivity index (χ3n) is 1.76. The molecule has 0 aliphatic heterocycles. The van der Waals surface area contributed by atoms with Gasteiger partial charge >= 0.3 is 5.97 Å². The molecule has 0 atom stereocenters. The Balaban J connectivity index is 2.95. The van der Waals surface area contributed by atoms with Crippen LogP contribution in [0.4, 0.5) is 0 Å². The lowest BCUT2D eigenvalue weighted by Gasteiger charge is -2.01. The van der Waals surface area contributed by atoms with E-state index in [-0.39, 0.29) is 11.9 Å². The van der Waals surface area contributed by atoms with Gasteiger partial charge in [-0.25, -0.2) is 4.79 Å². The van der Waals surface area contributed by atoms with Crippen LogP contribution in [0.15, 0.2) is 4.47 Å². The number of carbonyl (C=O) groups excluding carboxylic acids is 1. The van der Waals surface area contributed by atoms with Gasteiger partial charge in [0.15, 0.2) is 5.69 Å². The molecular formula is C9H13BrN2O2. The Morgan fingerprint density at radius 3 is 2.71 bits per heavy atom. The number of ether oxygens (including phenoxy) is 1. The summed E-state index contributed by atoms with van der Waals surface area (Å²) in [5, 5.41) is 6.71. The van der Waals surface area contributed by atoms with Crippen LogP contribution in [0, 0.1) is 0 Å². The number of aromatic nitrogens is 2. The summed E-state index contributed by atoms with van der Waals surface area (Å²) in [5.41, 5.74) is 1.23. The quantitative estimate of drug-likeness (QED) is 0.850. The Morgan fingerprint density at radius 2 is 2.29 bits per heavy atom. The zero-order chi connectivity index (χ0) is 10.7. The van der Waals surface area contributed by atoms with E-state index >= 15 is 0 Å². The lowest BCUT2D eigenvalue weighted by molar-refractivity contribution is 0.0518. The van der Waals surface area contributed by atoms with Crippen molar-refractivity contribution in [1.29, 1.82) is 0 Å². The maximum Gasteiger partial charge on any atom is 0.357 e. The maximum absolute atomic E-state index is 11.4. The second-order valence-corrected chi connectivity index (χ2v) is 3.97. The number of nitrogens with one attached hydrogen (secondary N) is 1. The first-order valence-corrected chi connectivity index (χ1v) is 5.28. The molecule has 4 nitrogen and oxygen atoms in total. The van der Waals surface area contributed by atoms with Gasteiger partial charge in [0.25, 0.3) is 0 Å². The van der Waals surface area contributed by atoms with E-state index < -0.39 is 0 Å². The van der Waals surface area contributed by atoms with Crippen molar-refractivity contribution in [3.05, 3.63) is 15.9 Å².